The van der Waals surface area contributed by atoms with E-state index in [0.29, 0.717) is 11.7 Å². The number of benzene rings is 10. The molecule has 0 spiro atoms. The maximum absolute atomic E-state index is 9.50. The summed E-state index contributed by atoms with van der Waals surface area (Å²) in [5, 5.41) is 16.7. The molecule has 0 amide bonds. The van der Waals surface area contributed by atoms with Gasteiger partial charge in [-0.15, -0.1) is 0 Å². The second-order valence-corrected chi connectivity index (χ2v) is 17.5. The molecular weight excluding hydrogens is 841 g/mol. The largest absolute Gasteiger partial charge is 0.309 e. The molecule has 3 heterocycles. The van der Waals surface area contributed by atoms with Crippen LogP contribution in [0.2, 0.25) is 0 Å². The lowest BCUT2D eigenvalue weighted by Crippen LogP contribution is -2.37. The smallest absolute Gasteiger partial charge is 0.141 e. The fourth-order valence-electron chi connectivity index (χ4n) is 10.7. The Labute approximate surface area is 399 Å². The molecule has 326 valence electrons. The summed E-state index contributed by atoms with van der Waals surface area (Å²) in [5.41, 5.74) is 15.1. The van der Waals surface area contributed by atoms with Crippen molar-refractivity contribution in [2.24, 2.45) is 4.99 Å². The standard InChI is InChI=1S/C63H44N6/c1-65-63(68(46-25-9-4-10-26-46)62(64)42-20-5-2-6-21-42)44-36-38-58-53(41-44)50-30-13-17-34-56(50)69(58)54-32-15-11-28-48(54)43-22-19-27-47(40-43)66-57-35-18-14-31-52(57)60-59(66)39-37-51-49-29-12-16-33-55(49)67(61(51)60)45-23-7-3-8-24-45/h2-41,64H,1H3. The molecule has 0 saturated carbocycles. The number of aromatic nitrogens is 3. The first-order valence-electron chi connectivity index (χ1n) is 23.4. The van der Waals surface area contributed by atoms with E-state index in [9.17, 15) is 5.41 Å². The van der Waals surface area contributed by atoms with Gasteiger partial charge in [0.1, 0.15) is 11.7 Å². The molecule has 0 aliphatic rings. The van der Waals surface area contributed by atoms with Gasteiger partial charge >= 0.3 is 0 Å². The van der Waals surface area contributed by atoms with Gasteiger partial charge in [-0.25, -0.2) is 0 Å². The average Bonchev–Trinajstić information content (AvgIpc) is 4.06. The Kier molecular flexibility index (Phi) is 9.44. The molecule has 1 N–H and O–H groups in total. The molecule has 0 saturated heterocycles. The molecule has 6 heteroatoms. The number of rotatable bonds is 7. The van der Waals surface area contributed by atoms with Crippen LogP contribution in [0.4, 0.5) is 5.69 Å². The number of aliphatic imine (C=N–C) groups is 1. The van der Waals surface area contributed by atoms with E-state index in [-0.39, 0.29) is 0 Å². The topological polar surface area (TPSA) is 54.2 Å². The molecule has 0 fully saturated rings. The van der Waals surface area contributed by atoms with Gasteiger partial charge in [0, 0.05) is 73.1 Å². The molecule has 0 aliphatic heterocycles. The van der Waals surface area contributed by atoms with Crippen LogP contribution in [-0.4, -0.2) is 32.4 Å². The summed E-state index contributed by atoms with van der Waals surface area (Å²) in [7, 11) is 1.81. The van der Waals surface area contributed by atoms with Crippen LogP contribution in [0.15, 0.2) is 248 Å². The molecule has 0 atom stereocenters. The number of anilines is 1. The van der Waals surface area contributed by atoms with E-state index in [0.717, 1.165) is 77.8 Å². The van der Waals surface area contributed by atoms with Gasteiger partial charge in [-0.2, -0.15) is 0 Å². The first kappa shape index (κ1) is 40.1. The molecule has 0 radical (unpaired) electrons. The number of hydrogen-bond acceptors (Lipinski definition) is 2. The minimum Gasteiger partial charge on any atom is -0.309 e. The lowest BCUT2D eigenvalue weighted by molar-refractivity contribution is 1.17. The highest BCUT2D eigenvalue weighted by Gasteiger charge is 2.25. The van der Waals surface area contributed by atoms with E-state index in [1.807, 2.05) is 72.6 Å². The van der Waals surface area contributed by atoms with Crippen molar-refractivity contribution in [1.29, 1.82) is 5.41 Å². The summed E-state index contributed by atoms with van der Waals surface area (Å²) < 4.78 is 7.28. The van der Waals surface area contributed by atoms with Crippen molar-refractivity contribution in [2.45, 2.75) is 0 Å². The molecule has 13 rings (SSSR count). The highest BCUT2D eigenvalue weighted by molar-refractivity contribution is 6.29. The molecule has 6 nitrogen and oxygen atoms in total. The van der Waals surface area contributed by atoms with Crippen LogP contribution in [0.25, 0.3) is 93.6 Å². The highest BCUT2D eigenvalue weighted by atomic mass is 15.2. The summed E-state index contributed by atoms with van der Waals surface area (Å²) >= 11 is 0. The van der Waals surface area contributed by atoms with Crippen LogP contribution >= 0.6 is 0 Å². The molecular formula is C63H44N6. The summed E-state index contributed by atoms with van der Waals surface area (Å²) in [6, 6.07) is 85.9. The van der Waals surface area contributed by atoms with Crippen molar-refractivity contribution < 1.29 is 0 Å². The van der Waals surface area contributed by atoms with Crippen LogP contribution in [0.5, 0.6) is 0 Å². The number of fused-ring (bicyclic) bond motifs is 10. The van der Waals surface area contributed by atoms with Crippen molar-refractivity contribution in [2.75, 3.05) is 11.9 Å². The molecule has 0 unspecified atom stereocenters. The maximum atomic E-state index is 9.50. The Morgan fingerprint density at radius 3 is 1.71 bits per heavy atom. The maximum Gasteiger partial charge on any atom is 0.141 e. The highest BCUT2D eigenvalue weighted by Crippen LogP contribution is 2.43. The van der Waals surface area contributed by atoms with Gasteiger partial charge in [-0.05, 0) is 90.5 Å². The lowest BCUT2D eigenvalue weighted by Gasteiger charge is -2.27. The third kappa shape index (κ3) is 6.34. The summed E-state index contributed by atoms with van der Waals surface area (Å²) in [4.78, 5) is 6.83. The van der Waals surface area contributed by atoms with Crippen molar-refractivity contribution >= 4 is 82.8 Å². The number of hydrogen-bond donors (Lipinski definition) is 1. The first-order valence-corrected chi connectivity index (χ1v) is 23.4. The minimum absolute atomic E-state index is 0.352. The van der Waals surface area contributed by atoms with E-state index < -0.39 is 0 Å². The Bertz CT molecular complexity index is 4160. The Morgan fingerprint density at radius 2 is 0.971 bits per heavy atom. The van der Waals surface area contributed by atoms with Gasteiger partial charge in [0.15, 0.2) is 0 Å². The summed E-state index contributed by atoms with van der Waals surface area (Å²) in [5.74, 6) is 1.05. The van der Waals surface area contributed by atoms with E-state index in [2.05, 4.69) is 196 Å². The summed E-state index contributed by atoms with van der Waals surface area (Å²) in [6.45, 7) is 0. The van der Waals surface area contributed by atoms with Crippen molar-refractivity contribution in [3.05, 3.63) is 254 Å². The first-order chi connectivity index (χ1) is 34.2. The van der Waals surface area contributed by atoms with E-state index in [1.165, 1.54) is 32.6 Å². The Hall–Kier alpha value is -9.26. The van der Waals surface area contributed by atoms with Gasteiger partial charge in [0.25, 0.3) is 0 Å². The fourth-order valence-corrected chi connectivity index (χ4v) is 10.7. The third-order valence-electron chi connectivity index (χ3n) is 13.7. The van der Waals surface area contributed by atoms with Crippen LogP contribution in [0.1, 0.15) is 11.1 Å². The SMILES string of the molecule is CN=C(c1ccc2c(c1)c1ccccc1n2-c1ccccc1-c1cccc(-n2c3ccccc3c3c2ccc2c4ccccc4n(-c4ccccc4)c23)c1)N(C(=N)c1ccccc1)c1ccccc1. The van der Waals surface area contributed by atoms with Crippen LogP contribution < -0.4 is 4.90 Å². The van der Waals surface area contributed by atoms with Crippen molar-refractivity contribution in [1.82, 2.24) is 13.7 Å². The van der Waals surface area contributed by atoms with Crippen LogP contribution in [0.3, 0.4) is 0 Å². The second-order valence-electron chi connectivity index (χ2n) is 17.5. The quantitative estimate of drug-likeness (QED) is 0.126. The van der Waals surface area contributed by atoms with Gasteiger partial charge < -0.3 is 13.7 Å². The predicted octanol–water partition coefficient (Wildman–Crippen LogP) is 15.6. The zero-order chi connectivity index (χ0) is 46.0. The number of para-hydroxylation sites is 6. The lowest BCUT2D eigenvalue weighted by atomic mass is 10.0. The van der Waals surface area contributed by atoms with Crippen LogP contribution in [0, 0.1) is 5.41 Å². The number of amidine groups is 2. The Morgan fingerprint density at radius 1 is 0.406 bits per heavy atom. The zero-order valence-electron chi connectivity index (χ0n) is 37.8. The monoisotopic (exact) mass is 884 g/mol. The van der Waals surface area contributed by atoms with Gasteiger partial charge in [0.05, 0.1) is 38.8 Å². The normalized spacial score (nSPS) is 12.0. The van der Waals surface area contributed by atoms with Crippen molar-refractivity contribution in [3.8, 4) is 28.2 Å². The summed E-state index contributed by atoms with van der Waals surface area (Å²) in [6.07, 6.45) is 0. The average molecular weight is 885 g/mol. The molecule has 0 aliphatic carbocycles. The number of nitrogens with one attached hydrogen (secondary N) is 1. The van der Waals surface area contributed by atoms with E-state index >= 15 is 0 Å². The zero-order valence-corrected chi connectivity index (χ0v) is 37.8. The molecule has 13 aromatic rings. The van der Waals surface area contributed by atoms with Gasteiger partial charge in [-0.3, -0.25) is 15.3 Å². The molecule has 0 bridgehead atoms. The number of nitrogens with zero attached hydrogens (tertiary/aromatic N) is 5. The van der Waals surface area contributed by atoms with Crippen LogP contribution in [-0.2, 0) is 0 Å². The Balaban J connectivity index is 0.973. The van der Waals surface area contributed by atoms with Gasteiger partial charge in [0.2, 0.25) is 0 Å². The van der Waals surface area contributed by atoms with E-state index in [1.54, 1.807) is 0 Å². The predicted molar refractivity (Wildman–Crippen MR) is 290 cm³/mol. The molecule has 3 aromatic heterocycles. The second kappa shape index (κ2) is 16.3. The fraction of sp³-hybridized carbons (Fsp3) is 0.0159. The van der Waals surface area contributed by atoms with Gasteiger partial charge in [-0.1, -0.05) is 158 Å². The third-order valence-corrected chi connectivity index (χ3v) is 13.7. The minimum atomic E-state index is 0.352. The van der Waals surface area contributed by atoms with E-state index in [4.69, 9.17) is 4.99 Å². The molecule has 69 heavy (non-hydrogen) atoms. The molecule has 10 aromatic carbocycles. The van der Waals surface area contributed by atoms with Crippen molar-refractivity contribution in [3.63, 3.8) is 0 Å².